The number of hydrogen-bond acceptors (Lipinski definition) is 3. The van der Waals surface area contributed by atoms with Crippen LogP contribution in [0.1, 0.15) is 17.9 Å². The maximum atomic E-state index is 5.31. The van der Waals surface area contributed by atoms with Gasteiger partial charge in [-0.25, -0.2) is 0 Å². The molecule has 3 rings (SSSR count). The summed E-state index contributed by atoms with van der Waals surface area (Å²) in [5, 5.41) is 3.94. The number of aromatic nitrogens is 1. The zero-order valence-corrected chi connectivity index (χ0v) is 9.23. The highest BCUT2D eigenvalue weighted by Crippen LogP contribution is 2.40. The van der Waals surface area contributed by atoms with Crippen LogP contribution in [0.4, 0.5) is 0 Å². The van der Waals surface area contributed by atoms with Crippen molar-refractivity contribution in [2.24, 2.45) is 11.8 Å². The van der Waals surface area contributed by atoms with Gasteiger partial charge in [0.25, 0.3) is 0 Å². The van der Waals surface area contributed by atoms with Crippen molar-refractivity contribution in [3.8, 4) is 0 Å². The lowest BCUT2D eigenvalue weighted by molar-refractivity contribution is 0.389. The standard InChI is InChI=1S/C12H16N2O/c1-8-3-12(15-13-8)9-4-10-6-14(2)7-11(10)5-9/h3-4,10-11H,5-7H2,1-2H3. The third-order valence-electron chi connectivity index (χ3n) is 3.52. The highest BCUT2D eigenvalue weighted by molar-refractivity contribution is 5.64. The van der Waals surface area contributed by atoms with Gasteiger partial charge in [0.05, 0.1) is 5.69 Å². The summed E-state index contributed by atoms with van der Waals surface area (Å²) >= 11 is 0. The second-order valence-electron chi connectivity index (χ2n) is 4.87. The zero-order chi connectivity index (χ0) is 10.4. The SMILES string of the molecule is Cc1cc(C2=CC3CN(C)CC3C2)on1. The summed E-state index contributed by atoms with van der Waals surface area (Å²) < 4.78 is 5.31. The average molecular weight is 204 g/mol. The van der Waals surface area contributed by atoms with Crippen molar-refractivity contribution < 1.29 is 4.52 Å². The first-order chi connectivity index (χ1) is 7.22. The van der Waals surface area contributed by atoms with Crippen LogP contribution in [-0.2, 0) is 0 Å². The molecule has 0 spiro atoms. The predicted molar refractivity (Wildman–Crippen MR) is 58.3 cm³/mol. The smallest absolute Gasteiger partial charge is 0.162 e. The van der Waals surface area contributed by atoms with Gasteiger partial charge in [-0.05, 0) is 37.8 Å². The van der Waals surface area contributed by atoms with Crippen LogP contribution in [0.15, 0.2) is 16.7 Å². The minimum Gasteiger partial charge on any atom is -0.356 e. The van der Waals surface area contributed by atoms with Crippen molar-refractivity contribution in [3.05, 3.63) is 23.6 Å². The molecule has 0 aromatic carbocycles. The molecule has 2 atom stereocenters. The molecule has 1 saturated heterocycles. The monoisotopic (exact) mass is 204 g/mol. The van der Waals surface area contributed by atoms with Gasteiger partial charge >= 0.3 is 0 Å². The molecule has 3 heteroatoms. The number of allylic oxidation sites excluding steroid dienone is 1. The number of aryl methyl sites for hydroxylation is 1. The van der Waals surface area contributed by atoms with Gasteiger partial charge < -0.3 is 9.42 Å². The molecule has 2 unspecified atom stereocenters. The van der Waals surface area contributed by atoms with E-state index < -0.39 is 0 Å². The largest absolute Gasteiger partial charge is 0.356 e. The van der Waals surface area contributed by atoms with Crippen LogP contribution >= 0.6 is 0 Å². The molecule has 1 fully saturated rings. The number of fused-ring (bicyclic) bond motifs is 1. The van der Waals surface area contributed by atoms with E-state index in [1.165, 1.54) is 18.7 Å². The Balaban J connectivity index is 1.83. The molecule has 2 aliphatic rings. The Morgan fingerprint density at radius 1 is 1.47 bits per heavy atom. The first-order valence-electron chi connectivity index (χ1n) is 5.55. The molecular formula is C12H16N2O. The Bertz CT molecular complexity index is 408. The third-order valence-corrected chi connectivity index (χ3v) is 3.52. The molecule has 2 heterocycles. The number of nitrogens with zero attached hydrogens (tertiary/aromatic N) is 2. The molecule has 0 amide bonds. The molecule has 0 radical (unpaired) electrons. The minimum absolute atomic E-state index is 0.732. The van der Waals surface area contributed by atoms with E-state index >= 15 is 0 Å². The van der Waals surface area contributed by atoms with Gasteiger partial charge in [-0.2, -0.15) is 0 Å². The van der Waals surface area contributed by atoms with E-state index in [0.717, 1.165) is 29.7 Å². The fourth-order valence-corrected chi connectivity index (χ4v) is 2.83. The third kappa shape index (κ3) is 1.51. The maximum Gasteiger partial charge on any atom is 0.162 e. The van der Waals surface area contributed by atoms with Gasteiger partial charge in [-0.15, -0.1) is 0 Å². The molecule has 1 aliphatic carbocycles. The molecular weight excluding hydrogens is 188 g/mol. The zero-order valence-electron chi connectivity index (χ0n) is 9.23. The Labute approximate surface area is 89.7 Å². The average Bonchev–Trinajstić information content (AvgIpc) is 2.78. The van der Waals surface area contributed by atoms with Crippen molar-refractivity contribution in [1.29, 1.82) is 0 Å². The fourth-order valence-electron chi connectivity index (χ4n) is 2.83. The van der Waals surface area contributed by atoms with Crippen molar-refractivity contribution >= 4 is 5.57 Å². The van der Waals surface area contributed by atoms with Crippen LogP contribution < -0.4 is 0 Å². The number of hydrogen-bond donors (Lipinski definition) is 0. The van der Waals surface area contributed by atoms with Crippen molar-refractivity contribution in [1.82, 2.24) is 10.1 Å². The lowest BCUT2D eigenvalue weighted by atomic mass is 9.99. The molecule has 15 heavy (non-hydrogen) atoms. The van der Waals surface area contributed by atoms with E-state index in [0.29, 0.717) is 0 Å². The summed E-state index contributed by atoms with van der Waals surface area (Å²) in [5.74, 6) is 2.51. The van der Waals surface area contributed by atoms with Crippen LogP contribution in [0, 0.1) is 18.8 Å². The summed E-state index contributed by atoms with van der Waals surface area (Å²) in [5.41, 5.74) is 2.33. The summed E-state index contributed by atoms with van der Waals surface area (Å²) in [4.78, 5) is 2.41. The van der Waals surface area contributed by atoms with Gasteiger partial charge in [0.1, 0.15) is 0 Å². The van der Waals surface area contributed by atoms with Crippen LogP contribution in [0.2, 0.25) is 0 Å². The topological polar surface area (TPSA) is 29.3 Å². The van der Waals surface area contributed by atoms with E-state index in [-0.39, 0.29) is 0 Å². The normalized spacial score (nSPS) is 30.7. The van der Waals surface area contributed by atoms with E-state index in [2.05, 4.69) is 23.2 Å². The highest BCUT2D eigenvalue weighted by atomic mass is 16.5. The highest BCUT2D eigenvalue weighted by Gasteiger charge is 2.35. The second-order valence-corrected chi connectivity index (χ2v) is 4.87. The fraction of sp³-hybridized carbons (Fsp3) is 0.583. The Hall–Kier alpha value is -1.09. The first kappa shape index (κ1) is 9.16. The van der Waals surface area contributed by atoms with Gasteiger partial charge in [0, 0.05) is 19.2 Å². The second kappa shape index (κ2) is 3.20. The van der Waals surface area contributed by atoms with E-state index in [1.54, 1.807) is 0 Å². The molecule has 0 N–H and O–H groups in total. The van der Waals surface area contributed by atoms with Crippen LogP contribution in [0.25, 0.3) is 5.57 Å². The van der Waals surface area contributed by atoms with Crippen LogP contribution in [0.3, 0.4) is 0 Å². The van der Waals surface area contributed by atoms with Gasteiger partial charge in [-0.3, -0.25) is 0 Å². The Morgan fingerprint density at radius 2 is 2.33 bits per heavy atom. The summed E-state index contributed by atoms with van der Waals surface area (Å²) in [6.45, 7) is 4.39. The molecule has 1 aliphatic heterocycles. The van der Waals surface area contributed by atoms with E-state index in [1.807, 2.05) is 13.0 Å². The Morgan fingerprint density at radius 3 is 3.00 bits per heavy atom. The van der Waals surface area contributed by atoms with Crippen molar-refractivity contribution in [2.75, 3.05) is 20.1 Å². The number of likely N-dealkylation sites (tertiary alicyclic amines) is 1. The van der Waals surface area contributed by atoms with Gasteiger partial charge in [0.15, 0.2) is 5.76 Å². The van der Waals surface area contributed by atoms with Crippen molar-refractivity contribution in [2.45, 2.75) is 13.3 Å². The number of rotatable bonds is 1. The molecule has 80 valence electrons. The van der Waals surface area contributed by atoms with E-state index in [4.69, 9.17) is 4.52 Å². The first-order valence-corrected chi connectivity index (χ1v) is 5.55. The molecule has 3 nitrogen and oxygen atoms in total. The van der Waals surface area contributed by atoms with Crippen molar-refractivity contribution in [3.63, 3.8) is 0 Å². The summed E-state index contributed by atoms with van der Waals surface area (Å²) in [6, 6.07) is 2.04. The minimum atomic E-state index is 0.732. The quantitative estimate of drug-likeness (QED) is 0.700. The lowest BCUT2D eigenvalue weighted by Gasteiger charge is -2.07. The summed E-state index contributed by atoms with van der Waals surface area (Å²) in [6.07, 6.45) is 3.54. The molecule has 1 aromatic heterocycles. The molecule has 1 aromatic rings. The van der Waals surface area contributed by atoms with Gasteiger partial charge in [-0.1, -0.05) is 11.2 Å². The van der Waals surface area contributed by atoms with Crippen LogP contribution in [0.5, 0.6) is 0 Å². The lowest BCUT2D eigenvalue weighted by Crippen LogP contribution is -2.14. The summed E-state index contributed by atoms with van der Waals surface area (Å²) in [7, 11) is 2.20. The van der Waals surface area contributed by atoms with Crippen LogP contribution in [-0.4, -0.2) is 30.2 Å². The van der Waals surface area contributed by atoms with Gasteiger partial charge in [0.2, 0.25) is 0 Å². The predicted octanol–water partition coefficient (Wildman–Crippen LogP) is 1.95. The Kier molecular flexibility index (Phi) is 1.96. The molecule has 0 saturated carbocycles. The van der Waals surface area contributed by atoms with E-state index in [9.17, 15) is 0 Å². The maximum absolute atomic E-state index is 5.31. The molecule has 0 bridgehead atoms.